The first-order valence-electron chi connectivity index (χ1n) is 6.77. The number of hydrogen-bond acceptors (Lipinski definition) is 3. The van der Waals surface area contributed by atoms with Crippen molar-refractivity contribution in [3.05, 3.63) is 47.7 Å². The van der Waals surface area contributed by atoms with Gasteiger partial charge in [0.05, 0.1) is 5.69 Å². The summed E-state index contributed by atoms with van der Waals surface area (Å²) in [7, 11) is 0. The van der Waals surface area contributed by atoms with Crippen molar-refractivity contribution in [1.82, 2.24) is 4.98 Å². The minimum absolute atomic E-state index is 0.423. The fraction of sp³-hybridized carbons (Fsp3) is 0.312. The minimum atomic E-state index is 0.423. The average Bonchev–Trinajstić information content (AvgIpc) is 2.42. The number of anilines is 3. The molecule has 98 valence electrons. The summed E-state index contributed by atoms with van der Waals surface area (Å²) >= 11 is 0. The van der Waals surface area contributed by atoms with Crippen LogP contribution in [0.1, 0.15) is 24.6 Å². The lowest BCUT2D eigenvalue weighted by Gasteiger charge is -2.36. The average molecular weight is 253 g/mol. The van der Waals surface area contributed by atoms with E-state index in [9.17, 15) is 0 Å². The summed E-state index contributed by atoms with van der Waals surface area (Å²) < 4.78 is 0. The van der Waals surface area contributed by atoms with Gasteiger partial charge in [-0.2, -0.15) is 0 Å². The summed E-state index contributed by atoms with van der Waals surface area (Å²) in [6.45, 7) is 4.24. The maximum absolute atomic E-state index is 6.14. The highest BCUT2D eigenvalue weighted by molar-refractivity contribution is 5.74. The first kappa shape index (κ1) is 12.0. The van der Waals surface area contributed by atoms with E-state index >= 15 is 0 Å². The summed E-state index contributed by atoms with van der Waals surface area (Å²) in [5.74, 6) is 0.889. The van der Waals surface area contributed by atoms with Gasteiger partial charge >= 0.3 is 0 Å². The zero-order valence-corrected chi connectivity index (χ0v) is 11.4. The molecule has 3 heteroatoms. The van der Waals surface area contributed by atoms with Crippen LogP contribution in [0.3, 0.4) is 0 Å². The number of aromatic nitrogens is 1. The number of nitrogen functional groups attached to an aromatic ring is 1. The highest BCUT2D eigenvalue weighted by Crippen LogP contribution is 2.38. The summed E-state index contributed by atoms with van der Waals surface area (Å²) in [5, 5.41) is 0. The summed E-state index contributed by atoms with van der Waals surface area (Å²) in [5.41, 5.74) is 10.5. The minimum Gasteiger partial charge on any atom is -0.396 e. The Bertz CT molecular complexity index is 607. The van der Waals surface area contributed by atoms with Crippen molar-refractivity contribution < 1.29 is 0 Å². The van der Waals surface area contributed by atoms with Crippen molar-refractivity contribution in [1.29, 1.82) is 0 Å². The quantitative estimate of drug-likeness (QED) is 0.846. The lowest BCUT2D eigenvalue weighted by molar-refractivity contribution is 0.613. The van der Waals surface area contributed by atoms with E-state index in [1.54, 1.807) is 0 Å². The Morgan fingerprint density at radius 1 is 1.21 bits per heavy atom. The molecular formula is C16H19N3. The van der Waals surface area contributed by atoms with Gasteiger partial charge < -0.3 is 10.6 Å². The van der Waals surface area contributed by atoms with Crippen molar-refractivity contribution in [2.24, 2.45) is 0 Å². The molecule has 1 aromatic carbocycles. The molecule has 1 atom stereocenters. The topological polar surface area (TPSA) is 42.1 Å². The summed E-state index contributed by atoms with van der Waals surface area (Å²) in [6.07, 6.45) is 2.26. The van der Waals surface area contributed by atoms with Crippen LogP contribution < -0.4 is 10.6 Å². The second kappa shape index (κ2) is 4.57. The molecule has 0 bridgehead atoms. The van der Waals surface area contributed by atoms with Gasteiger partial charge in [-0.25, -0.2) is 4.98 Å². The largest absolute Gasteiger partial charge is 0.396 e. The monoisotopic (exact) mass is 253 g/mol. The molecule has 2 heterocycles. The Labute approximate surface area is 114 Å². The summed E-state index contributed by atoms with van der Waals surface area (Å²) in [4.78, 5) is 6.93. The molecule has 0 amide bonds. The van der Waals surface area contributed by atoms with Crippen molar-refractivity contribution in [3.63, 3.8) is 0 Å². The predicted molar refractivity (Wildman–Crippen MR) is 79.8 cm³/mol. The van der Waals surface area contributed by atoms with Gasteiger partial charge in [-0.05, 0) is 50.5 Å². The Hall–Kier alpha value is -2.03. The highest BCUT2D eigenvalue weighted by atomic mass is 15.2. The van der Waals surface area contributed by atoms with E-state index in [0.29, 0.717) is 6.04 Å². The molecule has 1 aromatic heterocycles. The number of nitrogens with two attached hydrogens (primary N) is 1. The second-order valence-electron chi connectivity index (χ2n) is 5.25. The van der Waals surface area contributed by atoms with Crippen LogP contribution in [0.5, 0.6) is 0 Å². The van der Waals surface area contributed by atoms with E-state index in [1.165, 1.54) is 11.3 Å². The van der Waals surface area contributed by atoms with Crippen LogP contribution in [-0.4, -0.2) is 11.0 Å². The van der Waals surface area contributed by atoms with Crippen LogP contribution in [0.4, 0.5) is 17.2 Å². The summed E-state index contributed by atoms with van der Waals surface area (Å²) in [6, 6.07) is 12.9. The normalized spacial score (nSPS) is 18.2. The highest BCUT2D eigenvalue weighted by Gasteiger charge is 2.26. The van der Waals surface area contributed by atoms with Crippen molar-refractivity contribution in [2.75, 3.05) is 10.6 Å². The molecule has 3 rings (SSSR count). The molecule has 2 N–H and O–H groups in total. The molecule has 0 saturated heterocycles. The SMILES string of the molecule is Cc1ccc(N)c(N2c3ccccc3CCC2C)n1. The van der Waals surface area contributed by atoms with Gasteiger partial charge in [-0.15, -0.1) is 0 Å². The Kier molecular flexibility index (Phi) is 2.90. The molecule has 0 spiro atoms. The molecule has 0 aliphatic carbocycles. The fourth-order valence-corrected chi connectivity index (χ4v) is 2.76. The van der Waals surface area contributed by atoms with Gasteiger partial charge in [0.2, 0.25) is 0 Å². The van der Waals surface area contributed by atoms with Crippen molar-refractivity contribution in [2.45, 2.75) is 32.7 Å². The van der Waals surface area contributed by atoms with Gasteiger partial charge in [0.1, 0.15) is 0 Å². The number of nitrogens with zero attached hydrogens (tertiary/aromatic N) is 2. The van der Waals surface area contributed by atoms with Crippen LogP contribution in [0.15, 0.2) is 36.4 Å². The zero-order valence-electron chi connectivity index (χ0n) is 11.4. The van der Waals surface area contributed by atoms with Gasteiger partial charge in [-0.3, -0.25) is 0 Å². The Morgan fingerprint density at radius 2 is 2.00 bits per heavy atom. The number of rotatable bonds is 1. The molecule has 1 unspecified atom stereocenters. The third-order valence-corrected chi connectivity index (χ3v) is 3.80. The van der Waals surface area contributed by atoms with E-state index in [0.717, 1.165) is 30.0 Å². The van der Waals surface area contributed by atoms with Gasteiger partial charge in [0.25, 0.3) is 0 Å². The lowest BCUT2D eigenvalue weighted by Crippen LogP contribution is -2.34. The van der Waals surface area contributed by atoms with Crippen LogP contribution in [0, 0.1) is 6.92 Å². The third-order valence-electron chi connectivity index (χ3n) is 3.80. The maximum atomic E-state index is 6.14. The molecule has 3 nitrogen and oxygen atoms in total. The van der Waals surface area contributed by atoms with E-state index in [4.69, 9.17) is 5.73 Å². The Balaban J connectivity index is 2.16. The van der Waals surface area contributed by atoms with Crippen molar-refractivity contribution in [3.8, 4) is 0 Å². The third kappa shape index (κ3) is 2.05. The van der Waals surface area contributed by atoms with Gasteiger partial charge in [0.15, 0.2) is 5.82 Å². The molecule has 0 fully saturated rings. The first-order chi connectivity index (χ1) is 9.16. The number of benzene rings is 1. The fourth-order valence-electron chi connectivity index (χ4n) is 2.76. The predicted octanol–water partition coefficient (Wildman–Crippen LogP) is 3.45. The van der Waals surface area contributed by atoms with E-state index in [1.807, 2.05) is 19.1 Å². The number of fused-ring (bicyclic) bond motifs is 1. The first-order valence-corrected chi connectivity index (χ1v) is 6.77. The number of aryl methyl sites for hydroxylation is 2. The molecular weight excluding hydrogens is 234 g/mol. The molecule has 19 heavy (non-hydrogen) atoms. The zero-order chi connectivity index (χ0) is 13.4. The number of hydrogen-bond donors (Lipinski definition) is 1. The number of para-hydroxylation sites is 1. The van der Waals surface area contributed by atoms with Gasteiger partial charge in [-0.1, -0.05) is 18.2 Å². The van der Waals surface area contributed by atoms with E-state index in [-0.39, 0.29) is 0 Å². The van der Waals surface area contributed by atoms with Crippen LogP contribution in [0.2, 0.25) is 0 Å². The molecule has 2 aromatic rings. The lowest BCUT2D eigenvalue weighted by atomic mass is 9.96. The Morgan fingerprint density at radius 3 is 2.84 bits per heavy atom. The molecule has 0 radical (unpaired) electrons. The van der Waals surface area contributed by atoms with Crippen molar-refractivity contribution >= 4 is 17.2 Å². The molecule has 1 aliphatic heterocycles. The van der Waals surface area contributed by atoms with E-state index in [2.05, 4.69) is 41.1 Å². The smallest absolute Gasteiger partial charge is 0.156 e. The van der Waals surface area contributed by atoms with Crippen LogP contribution in [0.25, 0.3) is 0 Å². The maximum Gasteiger partial charge on any atom is 0.156 e. The van der Waals surface area contributed by atoms with E-state index < -0.39 is 0 Å². The molecule has 0 saturated carbocycles. The van der Waals surface area contributed by atoms with Crippen LogP contribution in [-0.2, 0) is 6.42 Å². The van der Waals surface area contributed by atoms with Gasteiger partial charge in [0, 0.05) is 17.4 Å². The van der Waals surface area contributed by atoms with Crippen LogP contribution >= 0.6 is 0 Å². The standard InChI is InChI=1S/C16H19N3/c1-11-7-10-14(17)16(18-11)19-12(2)8-9-13-5-3-4-6-15(13)19/h3-7,10,12H,8-9,17H2,1-2H3. The second-order valence-corrected chi connectivity index (χ2v) is 5.25. The molecule has 1 aliphatic rings. The number of pyridine rings is 1.